The maximum absolute atomic E-state index is 9.78. The third-order valence-electron chi connectivity index (χ3n) is 1.31. The molecule has 5 nitrogen and oxygen atoms in total. The van der Waals surface area contributed by atoms with Crippen molar-refractivity contribution in [1.29, 1.82) is 0 Å². The van der Waals surface area contributed by atoms with Crippen LogP contribution in [0.2, 0.25) is 0 Å². The maximum Gasteiger partial charge on any atom is 0.0851 e. The minimum absolute atomic E-state index is 0.170. The number of hydrogen-bond acceptors (Lipinski definition) is 5. The lowest BCUT2D eigenvalue weighted by Crippen LogP contribution is -2.11. The zero-order valence-corrected chi connectivity index (χ0v) is 6.90. The molecule has 0 aliphatic heterocycles. The van der Waals surface area contributed by atoms with Gasteiger partial charge in [0.2, 0.25) is 0 Å². The van der Waals surface area contributed by atoms with Crippen molar-refractivity contribution in [3.63, 3.8) is 0 Å². The van der Waals surface area contributed by atoms with Gasteiger partial charge in [-0.3, -0.25) is 4.84 Å². The van der Waals surface area contributed by atoms with E-state index in [1.807, 2.05) is 0 Å². The van der Waals surface area contributed by atoms with Crippen LogP contribution in [0.25, 0.3) is 0 Å². The van der Waals surface area contributed by atoms with Gasteiger partial charge in [-0.05, 0) is 12.8 Å². The highest BCUT2D eigenvalue weighted by Crippen LogP contribution is 2.04. The predicted octanol–water partition coefficient (Wildman–Crippen LogP) is 1.74. The highest BCUT2D eigenvalue weighted by molar-refractivity contribution is 4.77. The second-order valence-electron chi connectivity index (χ2n) is 2.45. The SMILES string of the molecule is C=C(O)CCCCCON([O-])O. The average molecular weight is 176 g/mol. The summed E-state index contributed by atoms with van der Waals surface area (Å²) in [5.41, 5.74) is 0. The number of nitrogens with zero attached hydrogens (tertiary/aromatic N) is 1. The van der Waals surface area contributed by atoms with Crippen LogP contribution in [0.3, 0.4) is 0 Å². The Bertz CT molecular complexity index is 127. The Morgan fingerprint density at radius 2 is 2.08 bits per heavy atom. The Morgan fingerprint density at radius 1 is 1.42 bits per heavy atom. The lowest BCUT2D eigenvalue weighted by atomic mass is 10.2. The van der Waals surface area contributed by atoms with Gasteiger partial charge in [-0.15, -0.1) is 5.39 Å². The third kappa shape index (κ3) is 9.38. The number of rotatable bonds is 7. The summed E-state index contributed by atoms with van der Waals surface area (Å²) in [6.45, 7) is 3.52. The first-order valence-electron chi connectivity index (χ1n) is 3.78. The molecule has 0 saturated carbocycles. The van der Waals surface area contributed by atoms with Gasteiger partial charge in [-0.2, -0.15) is 0 Å². The first-order chi connectivity index (χ1) is 5.63. The molecule has 0 amide bonds. The van der Waals surface area contributed by atoms with Gasteiger partial charge in [0.05, 0.1) is 12.4 Å². The quantitative estimate of drug-likeness (QED) is 0.351. The topological polar surface area (TPSA) is 76.0 Å². The smallest absolute Gasteiger partial charge is 0.0851 e. The lowest BCUT2D eigenvalue weighted by Gasteiger charge is -2.17. The standard InChI is InChI=1S/C7H14NO4/c1-7(9)5-3-2-4-6-12-8(10)11/h9-10H,1-6H2/q-1. The van der Waals surface area contributed by atoms with Crippen LogP contribution in [0.5, 0.6) is 0 Å². The molecule has 0 aliphatic rings. The van der Waals surface area contributed by atoms with Gasteiger partial charge in [-0.1, -0.05) is 13.0 Å². The Labute approximate surface area is 71.4 Å². The molecule has 2 N–H and O–H groups in total. The fourth-order valence-corrected chi connectivity index (χ4v) is 0.751. The highest BCUT2D eigenvalue weighted by Gasteiger charge is 1.92. The zero-order chi connectivity index (χ0) is 9.40. The van der Waals surface area contributed by atoms with Crippen molar-refractivity contribution >= 4 is 0 Å². The van der Waals surface area contributed by atoms with Crippen LogP contribution in [-0.2, 0) is 4.84 Å². The molecule has 0 aromatic heterocycles. The molecule has 72 valence electrons. The Balaban J connectivity index is 2.96. The van der Waals surface area contributed by atoms with Crippen LogP contribution in [0.4, 0.5) is 0 Å². The number of unbranched alkanes of at least 4 members (excludes halogenated alkanes) is 2. The van der Waals surface area contributed by atoms with Gasteiger partial charge in [0.1, 0.15) is 0 Å². The molecule has 0 atom stereocenters. The largest absolute Gasteiger partial charge is 0.738 e. The van der Waals surface area contributed by atoms with Crippen LogP contribution < -0.4 is 0 Å². The van der Waals surface area contributed by atoms with Crippen LogP contribution in [0.1, 0.15) is 25.7 Å². The minimum Gasteiger partial charge on any atom is -0.738 e. The minimum atomic E-state index is -0.551. The molecular weight excluding hydrogens is 162 g/mol. The fourth-order valence-electron chi connectivity index (χ4n) is 0.751. The van der Waals surface area contributed by atoms with E-state index >= 15 is 0 Å². The summed E-state index contributed by atoms with van der Waals surface area (Å²) in [5, 5.41) is 25.9. The molecular formula is C7H14NO4-. The van der Waals surface area contributed by atoms with Gasteiger partial charge < -0.3 is 15.5 Å². The third-order valence-corrected chi connectivity index (χ3v) is 1.31. The summed E-state index contributed by atoms with van der Waals surface area (Å²) in [5.74, 6) is 0.170. The molecule has 12 heavy (non-hydrogen) atoms. The van der Waals surface area contributed by atoms with E-state index in [9.17, 15) is 5.21 Å². The fraction of sp³-hybridized carbons (Fsp3) is 0.714. The monoisotopic (exact) mass is 176 g/mol. The maximum atomic E-state index is 9.78. The molecule has 0 aliphatic carbocycles. The van der Waals surface area contributed by atoms with Crippen molar-refractivity contribution in [3.05, 3.63) is 17.5 Å². The molecule has 0 saturated heterocycles. The first-order valence-corrected chi connectivity index (χ1v) is 3.78. The van der Waals surface area contributed by atoms with Crippen molar-refractivity contribution in [2.24, 2.45) is 0 Å². The van der Waals surface area contributed by atoms with Crippen LogP contribution in [-0.4, -0.2) is 22.3 Å². The van der Waals surface area contributed by atoms with Crippen LogP contribution in [0, 0.1) is 5.21 Å². The van der Waals surface area contributed by atoms with Crippen molar-refractivity contribution in [2.45, 2.75) is 25.7 Å². The summed E-state index contributed by atoms with van der Waals surface area (Å²) in [6, 6.07) is 0. The number of aliphatic hydroxyl groups excluding tert-OH is 1. The van der Waals surface area contributed by atoms with Crippen molar-refractivity contribution in [3.8, 4) is 0 Å². The first kappa shape index (κ1) is 11.4. The number of allylic oxidation sites excluding steroid dienone is 1. The van der Waals surface area contributed by atoms with Gasteiger partial charge >= 0.3 is 0 Å². The van der Waals surface area contributed by atoms with E-state index in [1.165, 1.54) is 0 Å². The Hall–Kier alpha value is -0.620. The van der Waals surface area contributed by atoms with Gasteiger partial charge in [0, 0.05) is 6.42 Å². The summed E-state index contributed by atoms with van der Waals surface area (Å²) in [4.78, 5) is 4.20. The molecule has 0 spiro atoms. The second kappa shape index (κ2) is 7.05. The molecule has 5 heteroatoms. The molecule has 0 heterocycles. The number of aliphatic hydroxyl groups is 1. The lowest BCUT2D eigenvalue weighted by molar-refractivity contribution is -0.305. The summed E-state index contributed by atoms with van der Waals surface area (Å²) >= 11 is 0. The molecule has 0 unspecified atom stereocenters. The van der Waals surface area contributed by atoms with E-state index in [1.54, 1.807) is 0 Å². The van der Waals surface area contributed by atoms with Crippen molar-refractivity contribution in [2.75, 3.05) is 6.61 Å². The van der Waals surface area contributed by atoms with E-state index in [0.717, 1.165) is 12.8 Å². The van der Waals surface area contributed by atoms with E-state index in [4.69, 9.17) is 10.3 Å². The normalized spacial score (nSPS) is 10.6. The highest BCUT2D eigenvalue weighted by atomic mass is 17.1. The predicted molar refractivity (Wildman–Crippen MR) is 43.2 cm³/mol. The van der Waals surface area contributed by atoms with E-state index < -0.39 is 5.39 Å². The molecule has 0 fully saturated rings. The van der Waals surface area contributed by atoms with Gasteiger partial charge in [-0.25, -0.2) is 0 Å². The summed E-state index contributed by atoms with van der Waals surface area (Å²) in [7, 11) is 0. The van der Waals surface area contributed by atoms with E-state index in [0.29, 0.717) is 12.8 Å². The van der Waals surface area contributed by atoms with Crippen LogP contribution in [0.15, 0.2) is 12.3 Å². The van der Waals surface area contributed by atoms with Gasteiger partial charge in [0.15, 0.2) is 0 Å². The van der Waals surface area contributed by atoms with E-state index in [2.05, 4.69) is 11.4 Å². The second-order valence-corrected chi connectivity index (χ2v) is 2.45. The summed E-state index contributed by atoms with van der Waals surface area (Å²) in [6.07, 6.45) is 2.88. The Kier molecular flexibility index (Phi) is 6.69. The molecule has 0 aromatic rings. The summed E-state index contributed by atoms with van der Waals surface area (Å²) < 4.78 is 0. The molecule has 0 radical (unpaired) electrons. The zero-order valence-electron chi connectivity index (χ0n) is 6.90. The van der Waals surface area contributed by atoms with E-state index in [-0.39, 0.29) is 12.4 Å². The van der Waals surface area contributed by atoms with Crippen molar-refractivity contribution < 1.29 is 15.2 Å². The Morgan fingerprint density at radius 3 is 2.58 bits per heavy atom. The molecule has 0 bridgehead atoms. The van der Waals surface area contributed by atoms with Crippen LogP contribution >= 0.6 is 0 Å². The van der Waals surface area contributed by atoms with Crippen molar-refractivity contribution in [1.82, 2.24) is 5.39 Å². The molecule has 0 rings (SSSR count). The van der Waals surface area contributed by atoms with Gasteiger partial charge in [0.25, 0.3) is 0 Å². The molecule has 0 aromatic carbocycles. The average Bonchev–Trinajstić information content (AvgIpc) is 1.95. The number of hydrogen-bond donors (Lipinski definition) is 2.